The number of hydrogen-bond donors (Lipinski definition) is 0. The molecule has 2 rings (SSSR count). The van der Waals surface area contributed by atoms with Crippen molar-refractivity contribution in [2.45, 2.75) is 44.6 Å². The van der Waals surface area contributed by atoms with Crippen LogP contribution in [-0.4, -0.2) is 12.7 Å². The van der Waals surface area contributed by atoms with Gasteiger partial charge in [0.15, 0.2) is 0 Å². The zero-order valence-corrected chi connectivity index (χ0v) is 7.09. The van der Waals surface area contributed by atoms with Gasteiger partial charge >= 0.3 is 0 Å². The molecule has 2 aliphatic rings. The molecule has 0 bridgehead atoms. The van der Waals surface area contributed by atoms with Crippen LogP contribution in [0.25, 0.3) is 0 Å². The molecule has 0 saturated heterocycles. The molecule has 0 aliphatic heterocycles. The maximum atomic E-state index is 5.79. The van der Waals surface area contributed by atoms with E-state index in [2.05, 4.69) is 6.42 Å². The fourth-order valence-corrected chi connectivity index (χ4v) is 1.62. The first kappa shape index (κ1) is 7.60. The molecule has 0 aromatic carbocycles. The van der Waals surface area contributed by atoms with Gasteiger partial charge in [0.05, 0.1) is 6.10 Å². The summed E-state index contributed by atoms with van der Waals surface area (Å²) in [5.41, 5.74) is 0. The Balaban J connectivity index is 1.59. The van der Waals surface area contributed by atoms with E-state index >= 15 is 0 Å². The monoisotopic (exact) mass is 153 g/mol. The van der Waals surface area contributed by atoms with Gasteiger partial charge in [0, 0.05) is 6.61 Å². The topological polar surface area (TPSA) is 9.23 Å². The van der Waals surface area contributed by atoms with Crippen LogP contribution in [0.1, 0.15) is 38.5 Å². The Morgan fingerprint density at radius 2 is 1.82 bits per heavy atom. The lowest BCUT2D eigenvalue weighted by atomic mass is 9.98. The number of hydrogen-bond acceptors (Lipinski definition) is 1. The van der Waals surface area contributed by atoms with Gasteiger partial charge in [-0.1, -0.05) is 0 Å². The van der Waals surface area contributed by atoms with E-state index in [0.717, 1.165) is 12.5 Å². The highest BCUT2D eigenvalue weighted by molar-refractivity contribution is 4.78. The van der Waals surface area contributed by atoms with E-state index in [1.165, 1.54) is 38.5 Å². The van der Waals surface area contributed by atoms with Crippen LogP contribution in [-0.2, 0) is 4.74 Å². The summed E-state index contributed by atoms with van der Waals surface area (Å²) in [5, 5.41) is 0. The third-order valence-corrected chi connectivity index (χ3v) is 2.65. The zero-order chi connectivity index (χ0) is 7.52. The lowest BCUT2D eigenvalue weighted by Gasteiger charge is -2.21. The zero-order valence-electron chi connectivity index (χ0n) is 7.09. The summed E-state index contributed by atoms with van der Waals surface area (Å²) in [7, 11) is 0. The highest BCUT2D eigenvalue weighted by atomic mass is 16.5. The molecule has 1 nitrogen and oxygen atoms in total. The van der Waals surface area contributed by atoms with Crippen molar-refractivity contribution >= 4 is 0 Å². The van der Waals surface area contributed by atoms with Crippen molar-refractivity contribution in [3.8, 4) is 0 Å². The van der Waals surface area contributed by atoms with Gasteiger partial charge < -0.3 is 4.74 Å². The first-order valence-corrected chi connectivity index (χ1v) is 4.88. The molecule has 2 fully saturated rings. The van der Waals surface area contributed by atoms with E-state index in [1.807, 2.05) is 0 Å². The van der Waals surface area contributed by atoms with Gasteiger partial charge in [0.25, 0.3) is 0 Å². The molecule has 63 valence electrons. The SMILES string of the molecule is [CH]1CCC(OCC2CC2)CC1. The molecule has 0 heterocycles. The Labute approximate surface area is 69.1 Å². The van der Waals surface area contributed by atoms with Crippen LogP contribution < -0.4 is 0 Å². The molecule has 11 heavy (non-hydrogen) atoms. The van der Waals surface area contributed by atoms with Crippen molar-refractivity contribution in [1.82, 2.24) is 0 Å². The normalized spacial score (nSPS) is 27.3. The summed E-state index contributed by atoms with van der Waals surface area (Å²) < 4.78 is 5.79. The Hall–Kier alpha value is -0.0400. The van der Waals surface area contributed by atoms with E-state index < -0.39 is 0 Å². The largest absolute Gasteiger partial charge is 0.378 e. The van der Waals surface area contributed by atoms with Crippen LogP contribution in [0.4, 0.5) is 0 Å². The van der Waals surface area contributed by atoms with Crippen LogP contribution in [0.3, 0.4) is 0 Å². The molecule has 0 aromatic rings. The van der Waals surface area contributed by atoms with Gasteiger partial charge in [0.1, 0.15) is 0 Å². The summed E-state index contributed by atoms with van der Waals surface area (Å²) in [6, 6.07) is 0. The number of ether oxygens (including phenoxy) is 1. The predicted molar refractivity (Wildman–Crippen MR) is 45.2 cm³/mol. The summed E-state index contributed by atoms with van der Waals surface area (Å²) in [5.74, 6) is 0.931. The highest BCUT2D eigenvalue weighted by Gasteiger charge is 2.23. The predicted octanol–water partition coefficient (Wildman–Crippen LogP) is 2.56. The molecule has 0 amide bonds. The molecule has 0 atom stereocenters. The standard InChI is InChI=1S/C10H17O/c1-2-4-10(5-3-1)11-8-9-6-7-9/h1,9-10H,2-8H2. The summed E-state index contributed by atoms with van der Waals surface area (Å²) >= 11 is 0. The molecule has 0 N–H and O–H groups in total. The Morgan fingerprint density at radius 1 is 1.09 bits per heavy atom. The van der Waals surface area contributed by atoms with Gasteiger partial charge in [-0.3, -0.25) is 0 Å². The highest BCUT2D eigenvalue weighted by Crippen LogP contribution is 2.30. The molecule has 2 saturated carbocycles. The van der Waals surface area contributed by atoms with E-state index in [0.29, 0.717) is 6.10 Å². The van der Waals surface area contributed by atoms with E-state index in [4.69, 9.17) is 4.74 Å². The molecule has 2 aliphatic carbocycles. The first-order valence-electron chi connectivity index (χ1n) is 4.88. The molecular weight excluding hydrogens is 136 g/mol. The first-order chi connectivity index (χ1) is 5.45. The fraction of sp³-hybridized carbons (Fsp3) is 0.900. The summed E-state index contributed by atoms with van der Waals surface area (Å²) in [4.78, 5) is 0. The van der Waals surface area contributed by atoms with Crippen LogP contribution in [0, 0.1) is 12.3 Å². The van der Waals surface area contributed by atoms with E-state index in [9.17, 15) is 0 Å². The van der Waals surface area contributed by atoms with E-state index in [1.54, 1.807) is 0 Å². The average Bonchev–Trinajstić information content (AvgIpc) is 2.86. The van der Waals surface area contributed by atoms with Crippen molar-refractivity contribution in [3.05, 3.63) is 6.42 Å². The second-order valence-corrected chi connectivity index (χ2v) is 3.84. The van der Waals surface area contributed by atoms with E-state index in [-0.39, 0.29) is 0 Å². The minimum absolute atomic E-state index is 0.598. The molecule has 1 radical (unpaired) electrons. The van der Waals surface area contributed by atoms with Crippen LogP contribution in [0.5, 0.6) is 0 Å². The van der Waals surface area contributed by atoms with Crippen molar-refractivity contribution in [2.75, 3.05) is 6.61 Å². The second-order valence-electron chi connectivity index (χ2n) is 3.84. The lowest BCUT2D eigenvalue weighted by molar-refractivity contribution is 0.0284. The smallest absolute Gasteiger partial charge is 0.0575 e. The maximum Gasteiger partial charge on any atom is 0.0575 e. The van der Waals surface area contributed by atoms with Gasteiger partial charge in [-0.05, 0) is 50.9 Å². The third-order valence-electron chi connectivity index (χ3n) is 2.65. The third kappa shape index (κ3) is 2.48. The van der Waals surface area contributed by atoms with Gasteiger partial charge in [-0.15, -0.1) is 0 Å². The van der Waals surface area contributed by atoms with Crippen molar-refractivity contribution in [2.24, 2.45) is 5.92 Å². The summed E-state index contributed by atoms with van der Waals surface area (Å²) in [6.07, 6.45) is 10.9. The summed E-state index contributed by atoms with van der Waals surface area (Å²) in [6.45, 7) is 1.05. The molecular formula is C10H17O. The Kier molecular flexibility index (Phi) is 2.47. The fourth-order valence-electron chi connectivity index (χ4n) is 1.62. The van der Waals surface area contributed by atoms with Gasteiger partial charge in [-0.25, -0.2) is 0 Å². The average molecular weight is 153 g/mol. The molecule has 0 unspecified atom stereocenters. The maximum absolute atomic E-state index is 5.79. The quantitative estimate of drug-likeness (QED) is 0.605. The van der Waals surface area contributed by atoms with Crippen LogP contribution >= 0.6 is 0 Å². The van der Waals surface area contributed by atoms with Crippen molar-refractivity contribution < 1.29 is 4.74 Å². The Bertz CT molecular complexity index is 112. The van der Waals surface area contributed by atoms with Crippen molar-refractivity contribution in [1.29, 1.82) is 0 Å². The minimum atomic E-state index is 0.598. The van der Waals surface area contributed by atoms with Crippen molar-refractivity contribution in [3.63, 3.8) is 0 Å². The van der Waals surface area contributed by atoms with Gasteiger partial charge in [-0.2, -0.15) is 0 Å². The lowest BCUT2D eigenvalue weighted by Crippen LogP contribution is -2.17. The second kappa shape index (κ2) is 3.57. The molecule has 0 aromatic heterocycles. The minimum Gasteiger partial charge on any atom is -0.378 e. The Morgan fingerprint density at radius 3 is 2.45 bits per heavy atom. The molecule has 1 heteroatoms. The number of rotatable bonds is 3. The van der Waals surface area contributed by atoms with Gasteiger partial charge in [0.2, 0.25) is 0 Å². The molecule has 0 spiro atoms. The van der Waals surface area contributed by atoms with Crippen LogP contribution in [0.15, 0.2) is 0 Å². The van der Waals surface area contributed by atoms with Crippen LogP contribution in [0.2, 0.25) is 0 Å².